The Morgan fingerprint density at radius 3 is 1.61 bits per heavy atom. The van der Waals surface area contributed by atoms with Gasteiger partial charge < -0.3 is 4.90 Å². The summed E-state index contributed by atoms with van der Waals surface area (Å²) >= 11 is 1.90. The van der Waals surface area contributed by atoms with Crippen LogP contribution < -0.4 is 4.90 Å². The molecule has 0 atom stereocenters. The Balaban J connectivity index is 1.02. The van der Waals surface area contributed by atoms with E-state index in [0.717, 1.165) is 23.4 Å². The predicted molar refractivity (Wildman–Crippen MR) is 282 cm³/mol. The number of rotatable bonds is 8. The summed E-state index contributed by atoms with van der Waals surface area (Å²) in [5.74, 6) is 2.70. The first-order valence-electron chi connectivity index (χ1n) is 24.5. The van der Waals surface area contributed by atoms with Gasteiger partial charge in [0, 0.05) is 31.5 Å². The third-order valence-corrected chi connectivity index (χ3v) is 17.6. The molecule has 0 N–H and O–H groups in total. The Hall–Kier alpha value is -7.00. The van der Waals surface area contributed by atoms with Gasteiger partial charge >= 0.3 is 0 Å². The summed E-state index contributed by atoms with van der Waals surface area (Å²) in [4.78, 5) is 2.60. The fourth-order valence-corrected chi connectivity index (χ4v) is 15.3. The minimum atomic E-state index is -0.571. The van der Waals surface area contributed by atoms with E-state index in [4.69, 9.17) is 0 Å². The van der Waals surface area contributed by atoms with E-state index in [-0.39, 0.29) is 0 Å². The number of benzene rings is 9. The maximum Gasteiger partial charge on any atom is 0.0714 e. The van der Waals surface area contributed by atoms with Crippen molar-refractivity contribution >= 4 is 48.6 Å². The van der Waals surface area contributed by atoms with Crippen LogP contribution in [0.5, 0.6) is 0 Å². The normalized spacial score (nSPS) is 20.8. The lowest BCUT2D eigenvalue weighted by molar-refractivity contribution is -0.00518. The number of anilines is 3. The maximum absolute atomic E-state index is 2.60. The van der Waals surface area contributed by atoms with E-state index in [9.17, 15) is 0 Å². The van der Waals surface area contributed by atoms with Crippen LogP contribution in [-0.4, -0.2) is 0 Å². The first-order valence-corrected chi connectivity index (χ1v) is 25.3. The van der Waals surface area contributed by atoms with Gasteiger partial charge in [-0.1, -0.05) is 170 Å². The Bertz CT molecular complexity index is 3430. The van der Waals surface area contributed by atoms with Crippen LogP contribution in [0.15, 0.2) is 218 Å². The molecule has 5 aliphatic rings. The van der Waals surface area contributed by atoms with Crippen LogP contribution in [0.1, 0.15) is 66.3 Å². The molecule has 0 unspecified atom stereocenters. The maximum atomic E-state index is 2.60. The van der Waals surface area contributed by atoms with E-state index in [0.29, 0.717) is 5.41 Å². The molecule has 67 heavy (non-hydrogen) atoms. The van der Waals surface area contributed by atoms with Gasteiger partial charge in [-0.25, -0.2) is 0 Å². The zero-order valence-electron chi connectivity index (χ0n) is 37.6. The van der Waals surface area contributed by atoms with Crippen LogP contribution in [0.3, 0.4) is 0 Å². The quantitative estimate of drug-likeness (QED) is 0.147. The average molecular weight is 878 g/mol. The highest BCUT2D eigenvalue weighted by Gasteiger charge is 2.52. The molecule has 0 aliphatic heterocycles. The van der Waals surface area contributed by atoms with Gasteiger partial charge in [-0.2, -0.15) is 0 Å². The van der Waals surface area contributed by atoms with Gasteiger partial charge in [0.05, 0.1) is 11.1 Å². The van der Waals surface area contributed by atoms with Crippen molar-refractivity contribution in [1.82, 2.24) is 0 Å². The number of hydrogen-bond acceptors (Lipinski definition) is 2. The molecule has 5 aliphatic carbocycles. The van der Waals surface area contributed by atoms with Crippen molar-refractivity contribution in [2.75, 3.05) is 4.90 Å². The van der Waals surface area contributed by atoms with E-state index >= 15 is 0 Å². The van der Waals surface area contributed by atoms with Crippen molar-refractivity contribution in [1.29, 1.82) is 0 Å². The summed E-state index contributed by atoms with van der Waals surface area (Å²) in [5, 5.41) is 2.61. The van der Waals surface area contributed by atoms with Crippen LogP contribution in [0, 0.1) is 17.8 Å². The minimum absolute atomic E-state index is 0.325. The van der Waals surface area contributed by atoms with Crippen molar-refractivity contribution in [2.45, 2.75) is 49.4 Å². The molecular weight excluding hydrogens is 827 g/mol. The highest BCUT2D eigenvalue weighted by molar-refractivity contribution is 7.26. The molecule has 0 radical (unpaired) electrons. The molecule has 1 aromatic heterocycles. The smallest absolute Gasteiger partial charge is 0.0714 e. The molecule has 4 bridgehead atoms. The van der Waals surface area contributed by atoms with Gasteiger partial charge in [0.1, 0.15) is 0 Å². The zero-order chi connectivity index (χ0) is 44.1. The topological polar surface area (TPSA) is 3.24 Å². The molecular formula is C65H51NS. The van der Waals surface area contributed by atoms with E-state index in [2.05, 4.69) is 223 Å². The summed E-state index contributed by atoms with van der Waals surface area (Å²) in [6.07, 6.45) is 8.45. The molecule has 0 spiro atoms. The molecule has 4 saturated carbocycles. The second-order valence-corrected chi connectivity index (χ2v) is 21.3. The summed E-state index contributed by atoms with van der Waals surface area (Å²) in [6.45, 7) is 0. The number of thiophene rings is 1. The fourth-order valence-electron chi connectivity index (χ4n) is 14.1. The largest absolute Gasteiger partial charge is 0.310 e. The van der Waals surface area contributed by atoms with Crippen LogP contribution in [0.2, 0.25) is 0 Å². The summed E-state index contributed by atoms with van der Waals surface area (Å²) < 4.78 is 2.61. The molecule has 15 rings (SSSR count). The van der Waals surface area contributed by atoms with E-state index in [1.807, 2.05) is 11.3 Å². The summed E-state index contributed by atoms with van der Waals surface area (Å²) in [7, 11) is 0. The van der Waals surface area contributed by atoms with Crippen molar-refractivity contribution < 1.29 is 0 Å². The third kappa shape index (κ3) is 6.12. The molecule has 1 nitrogen and oxygen atoms in total. The van der Waals surface area contributed by atoms with Crippen molar-refractivity contribution in [3.63, 3.8) is 0 Å². The molecule has 1 heterocycles. The second kappa shape index (κ2) is 15.3. The molecule has 0 amide bonds. The van der Waals surface area contributed by atoms with Crippen LogP contribution >= 0.6 is 11.3 Å². The van der Waals surface area contributed by atoms with Gasteiger partial charge in [0.25, 0.3) is 0 Å². The van der Waals surface area contributed by atoms with E-state index in [1.165, 1.54) is 126 Å². The minimum Gasteiger partial charge on any atom is -0.310 e. The lowest BCUT2D eigenvalue weighted by Gasteiger charge is -2.57. The standard InChI is InChI=1S/C65H51NS/c1-3-15-46(16-4-1)48-19-13-20-51(36-48)65(58-26-10-7-23-55(58)56-24-8-11-27-59(56)65)52-21-14-22-54(39-52)66(53-31-29-50(30-32-53)64-40-43-33-44(41-64)35-45(34-43)42-64)60-37-49(47-17-5-2-6-18-47)38-62-63(60)57-25-9-12-28-61(57)67-62/h1-32,36-39,43-45H,33-35,40-42H2. The van der Waals surface area contributed by atoms with Crippen molar-refractivity contribution in [3.8, 4) is 33.4 Å². The average Bonchev–Trinajstić information content (AvgIpc) is 3.91. The fraction of sp³-hybridized carbons (Fsp3) is 0.169. The van der Waals surface area contributed by atoms with E-state index in [1.54, 1.807) is 5.56 Å². The van der Waals surface area contributed by atoms with Crippen LogP contribution in [0.4, 0.5) is 17.1 Å². The third-order valence-electron chi connectivity index (χ3n) is 16.5. The number of hydrogen-bond donors (Lipinski definition) is 0. The zero-order valence-corrected chi connectivity index (χ0v) is 38.4. The Kier molecular flexibility index (Phi) is 8.93. The second-order valence-electron chi connectivity index (χ2n) is 20.3. The van der Waals surface area contributed by atoms with E-state index < -0.39 is 5.41 Å². The van der Waals surface area contributed by atoms with Gasteiger partial charge in [-0.05, 0) is 171 Å². The number of nitrogens with zero attached hydrogens (tertiary/aromatic N) is 1. The lowest BCUT2D eigenvalue weighted by Crippen LogP contribution is -2.48. The Morgan fingerprint density at radius 2 is 0.940 bits per heavy atom. The first kappa shape index (κ1) is 39.2. The summed E-state index contributed by atoms with van der Waals surface area (Å²) in [6, 6.07) is 82.9. The monoisotopic (exact) mass is 877 g/mol. The lowest BCUT2D eigenvalue weighted by atomic mass is 9.48. The van der Waals surface area contributed by atoms with Gasteiger partial charge in [-0.15, -0.1) is 11.3 Å². The van der Waals surface area contributed by atoms with Gasteiger partial charge in [-0.3, -0.25) is 0 Å². The molecule has 9 aromatic carbocycles. The van der Waals surface area contributed by atoms with Gasteiger partial charge in [0.2, 0.25) is 0 Å². The molecule has 2 heteroatoms. The first-order chi connectivity index (χ1) is 33.1. The Labute approximate surface area is 398 Å². The summed E-state index contributed by atoms with van der Waals surface area (Å²) in [5.41, 5.74) is 17.5. The Morgan fingerprint density at radius 1 is 0.388 bits per heavy atom. The van der Waals surface area contributed by atoms with Crippen molar-refractivity contribution in [3.05, 3.63) is 246 Å². The SMILES string of the molecule is c1ccc(-c2cccc(C3(c4cccc(N(c5ccc(C67CC8CC(CC(C8)C6)C7)cc5)c5cc(-c6ccccc6)cc6sc7ccccc7c56)c4)c4ccccc4-c4ccccc43)c2)cc1. The predicted octanol–water partition coefficient (Wildman–Crippen LogP) is 17.7. The highest BCUT2D eigenvalue weighted by Crippen LogP contribution is 2.61. The highest BCUT2D eigenvalue weighted by atomic mass is 32.1. The van der Waals surface area contributed by atoms with Crippen LogP contribution in [0.25, 0.3) is 53.6 Å². The molecule has 0 saturated heterocycles. The number of fused-ring (bicyclic) bond motifs is 6. The molecule has 4 fully saturated rings. The van der Waals surface area contributed by atoms with Crippen molar-refractivity contribution in [2.24, 2.45) is 17.8 Å². The van der Waals surface area contributed by atoms with Crippen LogP contribution in [-0.2, 0) is 10.8 Å². The molecule has 10 aromatic rings. The van der Waals surface area contributed by atoms with Gasteiger partial charge in [0.15, 0.2) is 0 Å². The molecule has 322 valence electrons.